The first-order valence-corrected chi connectivity index (χ1v) is 4.77. The van der Waals surface area contributed by atoms with Crippen molar-refractivity contribution in [3.8, 4) is 5.75 Å². The number of esters is 1. The van der Waals surface area contributed by atoms with Crippen molar-refractivity contribution in [2.24, 2.45) is 0 Å². The Morgan fingerprint density at radius 1 is 1.41 bits per heavy atom. The number of rotatable bonds is 5. The molecule has 0 fully saturated rings. The van der Waals surface area contributed by atoms with E-state index in [-0.39, 0.29) is 24.3 Å². The average molecular weight is 242 g/mol. The van der Waals surface area contributed by atoms with Crippen LogP contribution >= 0.6 is 0 Å². The minimum Gasteiger partial charge on any atom is -0.492 e. The molecule has 1 aromatic rings. The average Bonchev–Trinajstić information content (AvgIpc) is 2.30. The predicted octanol–water partition coefficient (Wildman–Crippen LogP) is 1.47. The van der Waals surface area contributed by atoms with E-state index in [1.807, 2.05) is 0 Å². The smallest absolute Gasteiger partial charge is 0.339 e. The molecule has 6 heteroatoms. The molecule has 0 aliphatic heterocycles. The SMILES string of the molecule is COC(=O)CCOc1ccc(F)cc1C(=O)O. The monoisotopic (exact) mass is 242 g/mol. The third kappa shape index (κ3) is 3.75. The summed E-state index contributed by atoms with van der Waals surface area (Å²) < 4.78 is 22.3. The number of carbonyl (C=O) groups is 2. The van der Waals surface area contributed by atoms with Crippen molar-refractivity contribution in [2.75, 3.05) is 13.7 Å². The van der Waals surface area contributed by atoms with Gasteiger partial charge < -0.3 is 14.6 Å². The molecule has 0 radical (unpaired) electrons. The van der Waals surface area contributed by atoms with Crippen molar-refractivity contribution in [3.05, 3.63) is 29.6 Å². The van der Waals surface area contributed by atoms with E-state index in [0.29, 0.717) is 0 Å². The van der Waals surface area contributed by atoms with Crippen molar-refractivity contribution in [2.45, 2.75) is 6.42 Å². The van der Waals surface area contributed by atoms with E-state index >= 15 is 0 Å². The Morgan fingerprint density at radius 3 is 2.71 bits per heavy atom. The first-order valence-electron chi connectivity index (χ1n) is 4.77. The molecule has 0 bridgehead atoms. The molecule has 0 aromatic heterocycles. The van der Waals surface area contributed by atoms with Gasteiger partial charge in [-0.25, -0.2) is 9.18 Å². The predicted molar refractivity (Wildman–Crippen MR) is 55.5 cm³/mol. The molecule has 1 aromatic carbocycles. The molecular weight excluding hydrogens is 231 g/mol. The molecule has 1 rings (SSSR count). The number of aromatic carboxylic acids is 1. The van der Waals surface area contributed by atoms with E-state index < -0.39 is 17.8 Å². The lowest BCUT2D eigenvalue weighted by Gasteiger charge is -2.08. The van der Waals surface area contributed by atoms with Crippen molar-refractivity contribution < 1.29 is 28.6 Å². The summed E-state index contributed by atoms with van der Waals surface area (Å²) in [6.07, 6.45) is -0.00701. The number of hydrogen-bond donors (Lipinski definition) is 1. The Hall–Kier alpha value is -2.11. The minimum absolute atomic E-state index is 0.00701. The fourth-order valence-electron chi connectivity index (χ4n) is 1.14. The lowest BCUT2D eigenvalue weighted by atomic mass is 10.2. The molecule has 0 saturated carbocycles. The highest BCUT2D eigenvalue weighted by Crippen LogP contribution is 2.19. The summed E-state index contributed by atoms with van der Waals surface area (Å²) in [5.74, 6) is -2.41. The van der Waals surface area contributed by atoms with Crippen LogP contribution in [0.5, 0.6) is 5.75 Å². The summed E-state index contributed by atoms with van der Waals surface area (Å²) in [7, 11) is 1.24. The van der Waals surface area contributed by atoms with E-state index in [4.69, 9.17) is 9.84 Å². The summed E-state index contributed by atoms with van der Waals surface area (Å²) in [6.45, 7) is -0.0292. The van der Waals surface area contributed by atoms with Gasteiger partial charge in [0.15, 0.2) is 0 Å². The number of halogens is 1. The molecule has 0 aliphatic rings. The molecule has 1 N–H and O–H groups in total. The summed E-state index contributed by atoms with van der Waals surface area (Å²) in [5, 5.41) is 8.81. The Morgan fingerprint density at radius 2 is 2.12 bits per heavy atom. The van der Waals surface area contributed by atoms with E-state index in [0.717, 1.165) is 12.1 Å². The van der Waals surface area contributed by atoms with E-state index in [9.17, 15) is 14.0 Å². The zero-order valence-corrected chi connectivity index (χ0v) is 9.10. The quantitative estimate of drug-likeness (QED) is 0.791. The van der Waals surface area contributed by atoms with E-state index in [2.05, 4.69) is 4.74 Å². The molecule has 0 spiro atoms. The molecule has 0 atom stereocenters. The lowest BCUT2D eigenvalue weighted by molar-refractivity contribution is -0.141. The molecule has 0 unspecified atom stereocenters. The number of methoxy groups -OCH3 is 1. The molecule has 5 nitrogen and oxygen atoms in total. The Labute approximate surface area is 96.8 Å². The third-order valence-corrected chi connectivity index (χ3v) is 1.96. The Balaban J connectivity index is 2.70. The maximum Gasteiger partial charge on any atom is 0.339 e. The standard InChI is InChI=1S/C11H11FO5/c1-16-10(13)4-5-17-9-3-2-7(12)6-8(9)11(14)15/h2-3,6H,4-5H2,1H3,(H,14,15). The Kier molecular flexibility index (Phi) is 4.45. The van der Waals surface area contributed by atoms with Gasteiger partial charge >= 0.3 is 11.9 Å². The van der Waals surface area contributed by atoms with Gasteiger partial charge in [-0.1, -0.05) is 0 Å². The second-order valence-corrected chi connectivity index (χ2v) is 3.12. The fraction of sp³-hybridized carbons (Fsp3) is 0.273. The highest BCUT2D eigenvalue weighted by Gasteiger charge is 2.13. The van der Waals surface area contributed by atoms with E-state index in [1.165, 1.54) is 13.2 Å². The maximum absolute atomic E-state index is 12.8. The summed E-state index contributed by atoms with van der Waals surface area (Å²) in [4.78, 5) is 21.6. The van der Waals surface area contributed by atoms with Crippen LogP contribution in [0.3, 0.4) is 0 Å². The normalized spacial score (nSPS) is 9.76. The van der Waals surface area contributed by atoms with Crippen LogP contribution in [-0.4, -0.2) is 30.8 Å². The zero-order chi connectivity index (χ0) is 12.8. The molecule has 0 amide bonds. The first kappa shape index (κ1) is 13.0. The van der Waals surface area contributed by atoms with Crippen molar-refractivity contribution in [3.63, 3.8) is 0 Å². The van der Waals surface area contributed by atoms with Crippen molar-refractivity contribution in [1.29, 1.82) is 0 Å². The van der Waals surface area contributed by atoms with Gasteiger partial charge in [-0.15, -0.1) is 0 Å². The van der Waals surface area contributed by atoms with Gasteiger partial charge in [0.1, 0.15) is 17.1 Å². The van der Waals surface area contributed by atoms with Gasteiger partial charge in [0.2, 0.25) is 0 Å². The second kappa shape index (κ2) is 5.83. The van der Waals surface area contributed by atoms with Gasteiger partial charge in [-0.3, -0.25) is 4.79 Å². The highest BCUT2D eigenvalue weighted by atomic mass is 19.1. The largest absolute Gasteiger partial charge is 0.492 e. The molecule has 0 aliphatic carbocycles. The molecule has 0 saturated heterocycles. The molecular formula is C11H11FO5. The van der Waals surface area contributed by atoms with Crippen molar-refractivity contribution in [1.82, 2.24) is 0 Å². The van der Waals surface area contributed by atoms with Crippen LogP contribution in [-0.2, 0) is 9.53 Å². The van der Waals surface area contributed by atoms with E-state index in [1.54, 1.807) is 0 Å². The lowest BCUT2D eigenvalue weighted by Crippen LogP contribution is -2.10. The van der Waals surface area contributed by atoms with Crippen molar-refractivity contribution >= 4 is 11.9 Å². The highest BCUT2D eigenvalue weighted by molar-refractivity contribution is 5.90. The summed E-state index contributed by atoms with van der Waals surface area (Å²) in [6, 6.07) is 3.14. The van der Waals surface area contributed by atoms with Crippen LogP contribution < -0.4 is 4.74 Å². The van der Waals surface area contributed by atoms with Crippen LogP contribution in [0.4, 0.5) is 4.39 Å². The van der Waals surface area contributed by atoms with Gasteiger partial charge in [-0.05, 0) is 18.2 Å². The third-order valence-electron chi connectivity index (χ3n) is 1.96. The number of hydrogen-bond acceptors (Lipinski definition) is 4. The number of carbonyl (C=O) groups excluding carboxylic acids is 1. The zero-order valence-electron chi connectivity index (χ0n) is 9.10. The van der Waals surface area contributed by atoms with Crippen LogP contribution in [0.25, 0.3) is 0 Å². The fourth-order valence-corrected chi connectivity index (χ4v) is 1.14. The summed E-state index contributed by atoms with van der Waals surface area (Å²) >= 11 is 0. The van der Waals surface area contributed by atoms with Gasteiger partial charge in [0.05, 0.1) is 20.1 Å². The van der Waals surface area contributed by atoms with Crippen LogP contribution in [0.1, 0.15) is 16.8 Å². The number of ether oxygens (including phenoxy) is 2. The minimum atomic E-state index is -1.29. The molecule has 17 heavy (non-hydrogen) atoms. The van der Waals surface area contributed by atoms with Crippen LogP contribution in [0, 0.1) is 5.82 Å². The number of carboxylic acids is 1. The summed E-state index contributed by atoms with van der Waals surface area (Å²) in [5.41, 5.74) is -0.283. The molecule has 0 heterocycles. The number of carboxylic acid groups (broad SMARTS) is 1. The van der Waals surface area contributed by atoms with Gasteiger partial charge in [-0.2, -0.15) is 0 Å². The maximum atomic E-state index is 12.8. The first-order chi connectivity index (χ1) is 8.04. The van der Waals surface area contributed by atoms with Crippen LogP contribution in [0.2, 0.25) is 0 Å². The van der Waals surface area contributed by atoms with Crippen LogP contribution in [0.15, 0.2) is 18.2 Å². The van der Waals surface area contributed by atoms with Gasteiger partial charge in [0, 0.05) is 0 Å². The topological polar surface area (TPSA) is 72.8 Å². The molecule has 92 valence electrons. The Bertz CT molecular complexity index is 430. The second-order valence-electron chi connectivity index (χ2n) is 3.12. The van der Waals surface area contributed by atoms with Gasteiger partial charge in [0.25, 0.3) is 0 Å². The number of benzene rings is 1.